The molecule has 4 aromatic rings. The van der Waals surface area contributed by atoms with Crippen molar-refractivity contribution in [2.75, 3.05) is 27.1 Å². The Kier molecular flexibility index (Phi) is 4.49. The Labute approximate surface area is 162 Å². The molecule has 0 fully saturated rings. The van der Waals surface area contributed by atoms with Gasteiger partial charge in [-0.25, -0.2) is 4.98 Å². The normalized spacial score (nSPS) is 10.8. The monoisotopic (exact) mass is 376 g/mol. The molecule has 0 spiro atoms. The van der Waals surface area contributed by atoms with E-state index < -0.39 is 0 Å². The van der Waals surface area contributed by atoms with Crippen molar-refractivity contribution in [2.45, 2.75) is 0 Å². The van der Waals surface area contributed by atoms with Crippen LogP contribution in [0, 0.1) is 0 Å². The molecule has 0 radical (unpaired) electrons. The molecule has 0 saturated heterocycles. The fourth-order valence-corrected chi connectivity index (χ4v) is 3.33. The number of nitrogens with one attached hydrogen (secondary N) is 1. The Morgan fingerprint density at radius 3 is 2.36 bits per heavy atom. The lowest BCUT2D eigenvalue weighted by atomic mass is 10.0. The lowest BCUT2D eigenvalue weighted by Crippen LogP contribution is -1.96. The van der Waals surface area contributed by atoms with Crippen LogP contribution < -0.4 is 19.9 Å². The first-order valence-electron chi connectivity index (χ1n) is 8.66. The number of nitrogen functional groups attached to an aromatic ring is 1. The Hall–Kier alpha value is -3.74. The third-order valence-corrected chi connectivity index (χ3v) is 4.58. The van der Waals surface area contributed by atoms with Gasteiger partial charge in [0.25, 0.3) is 0 Å². The number of aromatic amines is 1. The highest BCUT2D eigenvalue weighted by molar-refractivity contribution is 5.97. The number of aromatic nitrogens is 3. The minimum absolute atomic E-state index is 0.319. The summed E-state index contributed by atoms with van der Waals surface area (Å²) >= 11 is 0. The molecule has 7 nitrogen and oxygen atoms in total. The van der Waals surface area contributed by atoms with Gasteiger partial charge in [-0.05, 0) is 24.3 Å². The first-order chi connectivity index (χ1) is 13.7. The van der Waals surface area contributed by atoms with Gasteiger partial charge in [-0.15, -0.1) is 0 Å². The molecule has 142 valence electrons. The molecule has 28 heavy (non-hydrogen) atoms. The summed E-state index contributed by atoms with van der Waals surface area (Å²) in [7, 11) is 4.73. The molecule has 0 saturated carbocycles. The van der Waals surface area contributed by atoms with Crippen LogP contribution in [0.15, 0.2) is 48.7 Å². The minimum atomic E-state index is 0.319. The van der Waals surface area contributed by atoms with E-state index in [9.17, 15) is 0 Å². The molecule has 4 rings (SSSR count). The molecule has 2 aromatic heterocycles. The second-order valence-corrected chi connectivity index (χ2v) is 6.14. The molecule has 2 heterocycles. The van der Waals surface area contributed by atoms with E-state index in [4.69, 9.17) is 19.9 Å². The second-order valence-electron chi connectivity index (χ2n) is 6.14. The molecule has 0 unspecified atom stereocenters. The quantitative estimate of drug-likeness (QED) is 0.548. The van der Waals surface area contributed by atoms with Crippen molar-refractivity contribution >= 4 is 16.9 Å². The molecule has 0 bridgehead atoms. The molecule has 2 aromatic carbocycles. The largest absolute Gasteiger partial charge is 0.493 e. The standard InChI is InChI=1S/C21H20N4O3/c1-26-16-10-12(11-17(27-2)20(16)28-3)18-19(25-21(22)24-18)14-6-4-8-15-13(14)7-5-9-23-15/h4-11H,1-3H3,(H3,22,24,25). The highest BCUT2D eigenvalue weighted by Gasteiger charge is 2.20. The summed E-state index contributed by atoms with van der Waals surface area (Å²) in [5, 5.41) is 1.00. The van der Waals surface area contributed by atoms with E-state index in [1.54, 1.807) is 27.5 Å². The predicted molar refractivity (Wildman–Crippen MR) is 109 cm³/mol. The van der Waals surface area contributed by atoms with E-state index >= 15 is 0 Å². The smallest absolute Gasteiger partial charge is 0.203 e. The molecule has 3 N–H and O–H groups in total. The zero-order valence-electron chi connectivity index (χ0n) is 15.8. The highest BCUT2D eigenvalue weighted by Crippen LogP contribution is 2.43. The first kappa shape index (κ1) is 17.7. The maximum absolute atomic E-state index is 6.03. The van der Waals surface area contributed by atoms with Crippen molar-refractivity contribution in [3.8, 4) is 39.8 Å². The summed E-state index contributed by atoms with van der Waals surface area (Å²) in [4.78, 5) is 12.1. The topological polar surface area (TPSA) is 95.3 Å². The molecule has 0 aliphatic carbocycles. The predicted octanol–water partition coefficient (Wildman–Crippen LogP) is 3.90. The van der Waals surface area contributed by atoms with Crippen molar-refractivity contribution in [1.82, 2.24) is 15.0 Å². The first-order valence-corrected chi connectivity index (χ1v) is 8.66. The van der Waals surface area contributed by atoms with Crippen LogP contribution in [0.4, 0.5) is 5.95 Å². The van der Waals surface area contributed by atoms with E-state index in [2.05, 4.69) is 15.0 Å². The number of benzene rings is 2. The molecule has 0 amide bonds. The van der Waals surface area contributed by atoms with Gasteiger partial charge in [0.05, 0.1) is 38.2 Å². The van der Waals surface area contributed by atoms with Crippen LogP contribution in [0.1, 0.15) is 0 Å². The number of H-pyrrole nitrogens is 1. The van der Waals surface area contributed by atoms with Gasteiger partial charge in [0.2, 0.25) is 5.75 Å². The Morgan fingerprint density at radius 2 is 1.68 bits per heavy atom. The highest BCUT2D eigenvalue weighted by atomic mass is 16.5. The Bertz CT molecular complexity index is 1120. The van der Waals surface area contributed by atoms with Crippen LogP contribution in [-0.4, -0.2) is 36.3 Å². The van der Waals surface area contributed by atoms with Gasteiger partial charge in [0.15, 0.2) is 17.4 Å². The molecular weight excluding hydrogens is 356 g/mol. The number of rotatable bonds is 5. The summed E-state index contributed by atoms with van der Waals surface area (Å²) in [5.41, 5.74) is 10.2. The number of ether oxygens (including phenoxy) is 3. The number of hydrogen-bond donors (Lipinski definition) is 2. The van der Waals surface area contributed by atoms with Crippen molar-refractivity contribution in [1.29, 1.82) is 0 Å². The van der Waals surface area contributed by atoms with Crippen molar-refractivity contribution in [3.05, 3.63) is 48.7 Å². The Morgan fingerprint density at radius 1 is 0.929 bits per heavy atom. The lowest BCUT2D eigenvalue weighted by Gasteiger charge is -2.14. The number of pyridine rings is 1. The maximum Gasteiger partial charge on any atom is 0.203 e. The van der Waals surface area contributed by atoms with E-state index in [0.29, 0.717) is 28.9 Å². The van der Waals surface area contributed by atoms with Crippen LogP contribution >= 0.6 is 0 Å². The van der Waals surface area contributed by atoms with E-state index in [-0.39, 0.29) is 0 Å². The number of methoxy groups -OCH3 is 3. The number of hydrogen-bond acceptors (Lipinski definition) is 6. The fraction of sp³-hybridized carbons (Fsp3) is 0.143. The maximum atomic E-state index is 6.03. The summed E-state index contributed by atoms with van der Waals surface area (Å²) < 4.78 is 16.4. The molecule has 0 aliphatic rings. The van der Waals surface area contributed by atoms with Crippen LogP contribution in [0.3, 0.4) is 0 Å². The third-order valence-electron chi connectivity index (χ3n) is 4.58. The van der Waals surface area contributed by atoms with Crippen molar-refractivity contribution in [2.24, 2.45) is 0 Å². The van der Waals surface area contributed by atoms with Gasteiger partial charge in [-0.3, -0.25) is 4.98 Å². The number of nitrogens with two attached hydrogens (primary N) is 1. The van der Waals surface area contributed by atoms with Gasteiger partial charge in [0, 0.05) is 22.7 Å². The van der Waals surface area contributed by atoms with Crippen LogP contribution in [0.5, 0.6) is 17.2 Å². The van der Waals surface area contributed by atoms with Gasteiger partial charge in [-0.1, -0.05) is 18.2 Å². The van der Waals surface area contributed by atoms with Crippen LogP contribution in [-0.2, 0) is 0 Å². The Balaban J connectivity index is 1.97. The average Bonchev–Trinajstić information content (AvgIpc) is 3.13. The summed E-state index contributed by atoms with van der Waals surface area (Å²) in [6.45, 7) is 0. The van der Waals surface area contributed by atoms with Crippen molar-refractivity contribution < 1.29 is 14.2 Å². The lowest BCUT2D eigenvalue weighted by molar-refractivity contribution is 0.324. The van der Waals surface area contributed by atoms with Gasteiger partial charge in [-0.2, -0.15) is 0 Å². The fourth-order valence-electron chi connectivity index (χ4n) is 3.33. The zero-order valence-corrected chi connectivity index (χ0v) is 15.8. The minimum Gasteiger partial charge on any atom is -0.493 e. The van der Waals surface area contributed by atoms with Crippen molar-refractivity contribution in [3.63, 3.8) is 0 Å². The van der Waals surface area contributed by atoms with E-state index in [0.717, 1.165) is 27.7 Å². The second kappa shape index (κ2) is 7.11. The molecule has 0 aliphatic heterocycles. The van der Waals surface area contributed by atoms with Gasteiger partial charge >= 0.3 is 0 Å². The molecular formula is C21H20N4O3. The number of imidazole rings is 1. The van der Waals surface area contributed by atoms with Crippen LogP contribution in [0.2, 0.25) is 0 Å². The summed E-state index contributed by atoms with van der Waals surface area (Å²) in [6.07, 6.45) is 1.77. The number of fused-ring (bicyclic) bond motifs is 1. The van der Waals surface area contributed by atoms with Crippen LogP contribution in [0.25, 0.3) is 33.4 Å². The summed E-state index contributed by atoms with van der Waals surface area (Å²) in [6, 6.07) is 13.6. The third kappa shape index (κ3) is 2.87. The molecule has 7 heteroatoms. The SMILES string of the molecule is COc1cc(-c2nc(N)[nH]c2-c2cccc3ncccc23)cc(OC)c1OC. The average molecular weight is 376 g/mol. The van der Waals surface area contributed by atoms with Gasteiger partial charge in [0.1, 0.15) is 0 Å². The molecule has 0 atom stereocenters. The van der Waals surface area contributed by atoms with E-state index in [1.165, 1.54) is 0 Å². The number of nitrogens with zero attached hydrogens (tertiary/aromatic N) is 2. The van der Waals surface area contributed by atoms with Gasteiger partial charge < -0.3 is 24.9 Å². The number of anilines is 1. The summed E-state index contributed by atoms with van der Waals surface area (Å²) in [5.74, 6) is 1.93. The zero-order chi connectivity index (χ0) is 19.7. The van der Waals surface area contributed by atoms with E-state index in [1.807, 2.05) is 42.5 Å².